The summed E-state index contributed by atoms with van der Waals surface area (Å²) in [5, 5.41) is 11.1. The quantitative estimate of drug-likeness (QED) is 0.872. The standard InChI is InChI=1S/C17H26O4/c1-4-21-17(11-6-5-7-12-17)16(18)15-13(19-2)9-8-10-14(15)20-3/h8-10,16,18H,4-7,11-12H2,1-3H3. The third-order valence-corrected chi connectivity index (χ3v) is 4.37. The third kappa shape index (κ3) is 3.16. The summed E-state index contributed by atoms with van der Waals surface area (Å²) >= 11 is 0. The molecule has 1 aliphatic rings. The Labute approximate surface area is 127 Å². The minimum atomic E-state index is -0.746. The molecule has 0 aliphatic heterocycles. The molecule has 1 atom stereocenters. The van der Waals surface area contributed by atoms with E-state index < -0.39 is 11.7 Å². The highest BCUT2D eigenvalue weighted by Crippen LogP contribution is 2.46. The van der Waals surface area contributed by atoms with Crippen LogP contribution in [0, 0.1) is 0 Å². The lowest BCUT2D eigenvalue weighted by atomic mass is 9.77. The molecule has 0 heterocycles. The Morgan fingerprint density at radius 1 is 1.10 bits per heavy atom. The molecule has 1 unspecified atom stereocenters. The van der Waals surface area contributed by atoms with E-state index in [-0.39, 0.29) is 0 Å². The molecule has 0 bridgehead atoms. The Hall–Kier alpha value is -1.26. The smallest absolute Gasteiger partial charge is 0.128 e. The fourth-order valence-corrected chi connectivity index (χ4v) is 3.35. The van der Waals surface area contributed by atoms with Crippen LogP contribution in [0.3, 0.4) is 0 Å². The van der Waals surface area contributed by atoms with Gasteiger partial charge in [-0.1, -0.05) is 25.3 Å². The van der Waals surface area contributed by atoms with Gasteiger partial charge in [0.25, 0.3) is 0 Å². The first-order chi connectivity index (χ1) is 10.2. The summed E-state index contributed by atoms with van der Waals surface area (Å²) in [7, 11) is 3.22. The van der Waals surface area contributed by atoms with E-state index in [2.05, 4.69) is 0 Å². The highest BCUT2D eigenvalue weighted by molar-refractivity contribution is 5.47. The van der Waals surface area contributed by atoms with Gasteiger partial charge in [-0.3, -0.25) is 0 Å². The Bertz CT molecular complexity index is 424. The summed E-state index contributed by atoms with van der Waals surface area (Å²) in [5.74, 6) is 1.29. The fourth-order valence-electron chi connectivity index (χ4n) is 3.35. The molecule has 1 fully saturated rings. The summed E-state index contributed by atoms with van der Waals surface area (Å²) in [6.45, 7) is 2.57. The van der Waals surface area contributed by atoms with Gasteiger partial charge in [-0.25, -0.2) is 0 Å². The van der Waals surface area contributed by atoms with Gasteiger partial charge in [0.05, 0.1) is 25.4 Å². The maximum atomic E-state index is 11.1. The minimum absolute atomic E-state index is 0.533. The largest absolute Gasteiger partial charge is 0.496 e. The first-order valence-corrected chi connectivity index (χ1v) is 7.71. The molecule has 1 aromatic rings. The first kappa shape index (κ1) is 16.1. The normalized spacial score (nSPS) is 19.0. The van der Waals surface area contributed by atoms with Crippen molar-refractivity contribution in [3.8, 4) is 11.5 Å². The molecule has 1 saturated carbocycles. The molecule has 4 nitrogen and oxygen atoms in total. The number of methoxy groups -OCH3 is 2. The molecule has 0 radical (unpaired) electrons. The molecule has 0 aromatic heterocycles. The van der Waals surface area contributed by atoms with Crippen molar-refractivity contribution in [2.24, 2.45) is 0 Å². The van der Waals surface area contributed by atoms with E-state index in [0.29, 0.717) is 23.7 Å². The van der Waals surface area contributed by atoms with Crippen molar-refractivity contribution in [1.29, 1.82) is 0 Å². The van der Waals surface area contributed by atoms with E-state index in [1.165, 1.54) is 6.42 Å². The second-order valence-corrected chi connectivity index (χ2v) is 5.54. The summed E-state index contributed by atoms with van der Waals surface area (Å²) in [5.41, 5.74) is 0.160. The van der Waals surface area contributed by atoms with Crippen LogP contribution in [0.25, 0.3) is 0 Å². The average Bonchev–Trinajstić information content (AvgIpc) is 2.54. The Morgan fingerprint density at radius 3 is 2.14 bits per heavy atom. The van der Waals surface area contributed by atoms with Crippen molar-refractivity contribution < 1.29 is 19.3 Å². The molecule has 1 N–H and O–H groups in total. The molecule has 0 amide bonds. The van der Waals surface area contributed by atoms with Crippen LogP contribution < -0.4 is 9.47 Å². The van der Waals surface area contributed by atoms with Crippen molar-refractivity contribution >= 4 is 0 Å². The van der Waals surface area contributed by atoms with Crippen molar-refractivity contribution in [2.45, 2.75) is 50.7 Å². The predicted molar refractivity (Wildman–Crippen MR) is 81.9 cm³/mol. The van der Waals surface area contributed by atoms with Gasteiger partial charge in [0.15, 0.2) is 0 Å². The highest BCUT2D eigenvalue weighted by atomic mass is 16.5. The van der Waals surface area contributed by atoms with Gasteiger partial charge >= 0.3 is 0 Å². The Morgan fingerprint density at radius 2 is 1.67 bits per heavy atom. The minimum Gasteiger partial charge on any atom is -0.496 e. The number of hydrogen-bond acceptors (Lipinski definition) is 4. The van der Waals surface area contributed by atoms with Crippen molar-refractivity contribution in [3.63, 3.8) is 0 Å². The molecular formula is C17H26O4. The van der Waals surface area contributed by atoms with Crippen LogP contribution in [-0.4, -0.2) is 31.5 Å². The topological polar surface area (TPSA) is 47.9 Å². The van der Waals surface area contributed by atoms with Crippen molar-refractivity contribution in [1.82, 2.24) is 0 Å². The van der Waals surface area contributed by atoms with E-state index in [0.717, 1.165) is 25.7 Å². The second-order valence-electron chi connectivity index (χ2n) is 5.54. The molecule has 21 heavy (non-hydrogen) atoms. The van der Waals surface area contributed by atoms with E-state index in [1.807, 2.05) is 25.1 Å². The number of hydrogen-bond donors (Lipinski definition) is 1. The molecule has 1 aromatic carbocycles. The molecule has 1 aliphatic carbocycles. The lowest BCUT2D eigenvalue weighted by Crippen LogP contribution is -2.41. The molecule has 0 spiro atoms. The molecule has 0 saturated heterocycles. The van der Waals surface area contributed by atoms with Crippen molar-refractivity contribution in [2.75, 3.05) is 20.8 Å². The van der Waals surface area contributed by atoms with Crippen LogP contribution in [0.2, 0.25) is 0 Å². The second kappa shape index (κ2) is 7.14. The Kier molecular flexibility index (Phi) is 5.48. The summed E-state index contributed by atoms with van der Waals surface area (Å²) in [6, 6.07) is 5.56. The van der Waals surface area contributed by atoms with E-state index >= 15 is 0 Å². The van der Waals surface area contributed by atoms with Crippen molar-refractivity contribution in [3.05, 3.63) is 23.8 Å². The number of ether oxygens (including phenoxy) is 3. The SMILES string of the molecule is CCOC1(C(O)c2c(OC)cccc2OC)CCCCC1. The maximum absolute atomic E-state index is 11.1. The number of aliphatic hydroxyl groups excluding tert-OH is 1. The first-order valence-electron chi connectivity index (χ1n) is 7.71. The number of aliphatic hydroxyl groups is 1. The monoisotopic (exact) mass is 294 g/mol. The average molecular weight is 294 g/mol. The van der Waals surface area contributed by atoms with Crippen LogP contribution in [0.15, 0.2) is 18.2 Å². The Balaban J connectivity index is 2.42. The third-order valence-electron chi connectivity index (χ3n) is 4.37. The van der Waals surface area contributed by atoms with E-state index in [4.69, 9.17) is 14.2 Å². The zero-order chi connectivity index (χ0) is 15.3. The van der Waals surface area contributed by atoms with Gasteiger partial charge in [-0.2, -0.15) is 0 Å². The highest BCUT2D eigenvalue weighted by Gasteiger charge is 2.43. The van der Waals surface area contributed by atoms with Gasteiger partial charge in [-0.05, 0) is 31.9 Å². The van der Waals surface area contributed by atoms with Gasteiger partial charge < -0.3 is 19.3 Å². The van der Waals surface area contributed by atoms with Gasteiger partial charge in [-0.15, -0.1) is 0 Å². The van der Waals surface area contributed by atoms with Gasteiger partial charge in [0.1, 0.15) is 17.6 Å². The van der Waals surface area contributed by atoms with E-state index in [9.17, 15) is 5.11 Å². The van der Waals surface area contributed by atoms with Crippen LogP contribution >= 0.6 is 0 Å². The fraction of sp³-hybridized carbons (Fsp3) is 0.647. The van der Waals surface area contributed by atoms with Gasteiger partial charge in [0, 0.05) is 6.61 Å². The van der Waals surface area contributed by atoms with Crippen LogP contribution in [0.4, 0.5) is 0 Å². The van der Waals surface area contributed by atoms with Crippen LogP contribution in [0.1, 0.15) is 50.7 Å². The van der Waals surface area contributed by atoms with Gasteiger partial charge in [0.2, 0.25) is 0 Å². The predicted octanol–water partition coefficient (Wildman–Crippen LogP) is 3.48. The number of benzene rings is 1. The number of rotatable bonds is 6. The lowest BCUT2D eigenvalue weighted by Gasteiger charge is -2.41. The molecule has 4 heteroatoms. The summed E-state index contributed by atoms with van der Waals surface area (Å²) in [4.78, 5) is 0. The van der Waals surface area contributed by atoms with Crippen LogP contribution in [-0.2, 0) is 4.74 Å². The zero-order valence-electron chi connectivity index (χ0n) is 13.2. The molecular weight excluding hydrogens is 268 g/mol. The molecule has 118 valence electrons. The lowest BCUT2D eigenvalue weighted by molar-refractivity contribution is -0.142. The summed E-state index contributed by atoms with van der Waals surface area (Å²) < 4.78 is 16.9. The van der Waals surface area contributed by atoms with E-state index in [1.54, 1.807) is 14.2 Å². The maximum Gasteiger partial charge on any atom is 0.128 e. The molecule has 2 rings (SSSR count). The zero-order valence-corrected chi connectivity index (χ0v) is 13.2. The summed E-state index contributed by atoms with van der Waals surface area (Å²) in [6.07, 6.45) is 4.34. The van der Waals surface area contributed by atoms with Crippen LogP contribution in [0.5, 0.6) is 11.5 Å².